The molecule has 0 saturated carbocycles. The third-order valence-electron chi connectivity index (χ3n) is 4.88. The average molecular weight is 522 g/mol. The molecule has 2 N–H and O–H groups in total. The minimum absolute atomic E-state index is 0. The topological polar surface area (TPSA) is 66.0 Å². The summed E-state index contributed by atoms with van der Waals surface area (Å²) >= 11 is 0. The molecule has 1 aliphatic rings. The number of para-hydroxylation sites is 1. The molecular weight excluding hydrogens is 491 g/mol. The van der Waals surface area contributed by atoms with Crippen LogP contribution in [0.2, 0.25) is 0 Å². The fourth-order valence-corrected chi connectivity index (χ4v) is 3.25. The van der Waals surface area contributed by atoms with E-state index in [1.54, 1.807) is 7.05 Å². The summed E-state index contributed by atoms with van der Waals surface area (Å²) in [6, 6.07) is 18.2. The highest BCUT2D eigenvalue weighted by molar-refractivity contribution is 14.0. The summed E-state index contributed by atoms with van der Waals surface area (Å²) in [5, 5.41) is 6.63. The molecule has 0 bridgehead atoms. The molecule has 0 aliphatic carbocycles. The van der Waals surface area contributed by atoms with Crippen LogP contribution >= 0.6 is 24.0 Å². The quantitative estimate of drug-likeness (QED) is 0.229. The van der Waals surface area contributed by atoms with Gasteiger partial charge in [0.25, 0.3) is 0 Å². The summed E-state index contributed by atoms with van der Waals surface area (Å²) in [4.78, 5) is 17.9. The van der Waals surface area contributed by atoms with Crippen LogP contribution in [0.1, 0.15) is 30.4 Å². The summed E-state index contributed by atoms with van der Waals surface area (Å²) in [7, 11) is 1.77. The molecule has 0 unspecified atom stereocenters. The molecule has 6 nitrogen and oxygen atoms in total. The number of carbonyl (C=O) groups is 1. The number of rotatable bonds is 9. The Kier molecular flexibility index (Phi) is 10.5. The zero-order valence-corrected chi connectivity index (χ0v) is 19.8. The van der Waals surface area contributed by atoms with Crippen LogP contribution in [-0.4, -0.2) is 43.5 Å². The zero-order valence-electron chi connectivity index (χ0n) is 17.5. The van der Waals surface area contributed by atoms with Gasteiger partial charge in [0, 0.05) is 39.6 Å². The van der Waals surface area contributed by atoms with Gasteiger partial charge in [-0.05, 0) is 36.1 Å². The van der Waals surface area contributed by atoms with E-state index in [0.717, 1.165) is 37.6 Å². The molecule has 1 saturated heterocycles. The Hall–Kier alpha value is -2.29. The number of nitrogens with one attached hydrogen (secondary N) is 2. The number of amides is 1. The predicted octanol–water partition coefficient (Wildman–Crippen LogP) is 3.56. The second-order valence-corrected chi connectivity index (χ2v) is 7.10. The standard InChI is InChI=1S/C23H30N4O2.HI/c1-24-23(25-14-6-16-29-21-7-3-2-4-8-21)26-17-19-10-12-20(13-11-19)18-27-15-5-9-22(27)28;/h2-4,7-8,10-13H,5-6,9,14-18H2,1H3,(H2,24,25,26);1H. The van der Waals surface area contributed by atoms with Crippen molar-refractivity contribution >= 4 is 35.8 Å². The molecule has 0 aromatic heterocycles. The Morgan fingerprint density at radius 2 is 1.80 bits per heavy atom. The van der Waals surface area contributed by atoms with Gasteiger partial charge in [0.15, 0.2) is 5.96 Å². The monoisotopic (exact) mass is 522 g/mol. The average Bonchev–Trinajstić information content (AvgIpc) is 3.16. The van der Waals surface area contributed by atoms with Crippen molar-refractivity contribution in [3.8, 4) is 5.75 Å². The molecular formula is C23H31IN4O2. The van der Waals surface area contributed by atoms with Crippen molar-refractivity contribution < 1.29 is 9.53 Å². The number of likely N-dealkylation sites (tertiary alicyclic amines) is 1. The van der Waals surface area contributed by atoms with Crippen LogP contribution in [0.3, 0.4) is 0 Å². The Balaban J connectivity index is 0.00000320. The van der Waals surface area contributed by atoms with Crippen molar-refractivity contribution in [1.29, 1.82) is 0 Å². The first-order valence-electron chi connectivity index (χ1n) is 10.2. The number of carbonyl (C=O) groups excluding carboxylic acids is 1. The van der Waals surface area contributed by atoms with Gasteiger partial charge in [-0.25, -0.2) is 0 Å². The molecule has 0 spiro atoms. The second kappa shape index (κ2) is 13.1. The lowest BCUT2D eigenvalue weighted by molar-refractivity contribution is -0.128. The molecule has 30 heavy (non-hydrogen) atoms. The highest BCUT2D eigenvalue weighted by Crippen LogP contribution is 2.14. The van der Waals surface area contributed by atoms with Crippen molar-refractivity contribution in [2.45, 2.75) is 32.4 Å². The summed E-state index contributed by atoms with van der Waals surface area (Å²) in [6.45, 7) is 3.73. The van der Waals surface area contributed by atoms with Gasteiger partial charge in [-0.15, -0.1) is 24.0 Å². The third-order valence-corrected chi connectivity index (χ3v) is 4.88. The van der Waals surface area contributed by atoms with Gasteiger partial charge in [0.05, 0.1) is 6.61 Å². The Bertz CT molecular complexity index is 797. The van der Waals surface area contributed by atoms with Crippen LogP contribution in [0, 0.1) is 0 Å². The van der Waals surface area contributed by atoms with Crippen LogP contribution in [0.4, 0.5) is 0 Å². The molecule has 3 rings (SSSR count). The highest BCUT2D eigenvalue weighted by Gasteiger charge is 2.19. The van der Waals surface area contributed by atoms with E-state index in [4.69, 9.17) is 4.74 Å². The van der Waals surface area contributed by atoms with Crippen molar-refractivity contribution in [2.75, 3.05) is 26.7 Å². The Morgan fingerprint density at radius 3 is 2.47 bits per heavy atom. The van der Waals surface area contributed by atoms with Crippen molar-refractivity contribution in [3.63, 3.8) is 0 Å². The van der Waals surface area contributed by atoms with E-state index in [0.29, 0.717) is 26.1 Å². The summed E-state index contributed by atoms with van der Waals surface area (Å²) in [5.41, 5.74) is 2.35. The molecule has 7 heteroatoms. The lowest BCUT2D eigenvalue weighted by Gasteiger charge is -2.16. The van der Waals surface area contributed by atoms with Gasteiger partial charge >= 0.3 is 0 Å². The SMILES string of the molecule is CN=C(NCCCOc1ccccc1)NCc1ccc(CN2CCCC2=O)cc1.I. The first kappa shape index (κ1) is 24.0. The predicted molar refractivity (Wildman–Crippen MR) is 131 cm³/mol. The van der Waals surface area contributed by atoms with Crippen molar-refractivity contribution in [1.82, 2.24) is 15.5 Å². The van der Waals surface area contributed by atoms with Gasteiger partial charge in [-0.2, -0.15) is 0 Å². The smallest absolute Gasteiger partial charge is 0.222 e. The van der Waals surface area contributed by atoms with Crippen molar-refractivity contribution in [3.05, 3.63) is 65.7 Å². The first-order chi connectivity index (χ1) is 14.2. The van der Waals surface area contributed by atoms with E-state index in [2.05, 4.69) is 39.9 Å². The lowest BCUT2D eigenvalue weighted by atomic mass is 10.1. The van der Waals surface area contributed by atoms with Crippen LogP contribution in [0.25, 0.3) is 0 Å². The maximum Gasteiger partial charge on any atom is 0.222 e. The summed E-state index contributed by atoms with van der Waals surface area (Å²) < 4.78 is 5.69. The molecule has 162 valence electrons. The zero-order chi connectivity index (χ0) is 20.3. The number of ether oxygens (including phenoxy) is 1. The van der Waals surface area contributed by atoms with Crippen LogP contribution in [-0.2, 0) is 17.9 Å². The molecule has 1 aliphatic heterocycles. The van der Waals surface area contributed by atoms with Gasteiger partial charge < -0.3 is 20.3 Å². The van der Waals surface area contributed by atoms with Gasteiger partial charge in [-0.1, -0.05) is 42.5 Å². The number of guanidine groups is 1. The lowest BCUT2D eigenvalue weighted by Crippen LogP contribution is -2.37. The van der Waals surface area contributed by atoms with Gasteiger partial charge in [0.2, 0.25) is 5.91 Å². The highest BCUT2D eigenvalue weighted by atomic mass is 127. The molecule has 2 aromatic carbocycles. The van der Waals surface area contributed by atoms with E-state index < -0.39 is 0 Å². The maximum absolute atomic E-state index is 11.7. The van der Waals surface area contributed by atoms with Gasteiger partial charge in [-0.3, -0.25) is 9.79 Å². The number of hydrogen-bond donors (Lipinski definition) is 2. The second-order valence-electron chi connectivity index (χ2n) is 7.10. The number of hydrogen-bond acceptors (Lipinski definition) is 3. The third kappa shape index (κ3) is 7.85. The van der Waals surface area contributed by atoms with Crippen molar-refractivity contribution in [2.24, 2.45) is 4.99 Å². The fraction of sp³-hybridized carbons (Fsp3) is 0.391. The van der Waals surface area contributed by atoms with E-state index in [9.17, 15) is 4.79 Å². The number of nitrogens with zero attached hydrogens (tertiary/aromatic N) is 2. The summed E-state index contributed by atoms with van der Waals surface area (Å²) in [6.07, 6.45) is 2.55. The minimum atomic E-state index is 0. The Morgan fingerprint density at radius 1 is 1.07 bits per heavy atom. The largest absolute Gasteiger partial charge is 0.494 e. The molecule has 0 atom stereocenters. The molecule has 2 aromatic rings. The molecule has 1 fully saturated rings. The normalized spacial score (nSPS) is 13.7. The molecule has 0 radical (unpaired) electrons. The number of aliphatic imine (C=N–C) groups is 1. The van der Waals surface area contributed by atoms with Crippen LogP contribution in [0.15, 0.2) is 59.6 Å². The van der Waals surface area contributed by atoms with E-state index in [1.807, 2.05) is 35.2 Å². The van der Waals surface area contributed by atoms with Crippen LogP contribution in [0.5, 0.6) is 5.75 Å². The fourth-order valence-electron chi connectivity index (χ4n) is 3.25. The Labute approximate surface area is 196 Å². The van der Waals surface area contributed by atoms with E-state index >= 15 is 0 Å². The number of halogens is 1. The van der Waals surface area contributed by atoms with E-state index in [1.165, 1.54) is 11.1 Å². The maximum atomic E-state index is 11.7. The number of benzene rings is 2. The molecule has 1 heterocycles. The minimum Gasteiger partial charge on any atom is -0.494 e. The van der Waals surface area contributed by atoms with Gasteiger partial charge in [0.1, 0.15) is 5.75 Å². The van der Waals surface area contributed by atoms with E-state index in [-0.39, 0.29) is 29.9 Å². The first-order valence-corrected chi connectivity index (χ1v) is 10.2. The van der Waals surface area contributed by atoms with Crippen LogP contribution < -0.4 is 15.4 Å². The molecule has 1 amide bonds. The summed E-state index contributed by atoms with van der Waals surface area (Å²) in [5.74, 6) is 1.93.